The van der Waals surface area contributed by atoms with Gasteiger partial charge in [-0.15, -0.1) is 0 Å². The van der Waals surface area contributed by atoms with E-state index in [2.05, 4.69) is 15.0 Å². The summed E-state index contributed by atoms with van der Waals surface area (Å²) in [5, 5.41) is 3.43. The van der Waals surface area contributed by atoms with Gasteiger partial charge in [-0.3, -0.25) is 4.90 Å². The van der Waals surface area contributed by atoms with Crippen LogP contribution in [0.4, 0.5) is 0 Å². The summed E-state index contributed by atoms with van der Waals surface area (Å²) in [5.41, 5.74) is 1.77. The van der Waals surface area contributed by atoms with Crippen molar-refractivity contribution in [2.45, 2.75) is 13.0 Å². The summed E-state index contributed by atoms with van der Waals surface area (Å²) in [7, 11) is 1.40. The van der Waals surface area contributed by atoms with Crippen molar-refractivity contribution in [2.24, 2.45) is 0 Å². The number of carbonyl (C=O) groups is 1. The molecule has 21 heavy (non-hydrogen) atoms. The molecule has 5 heteroatoms. The van der Waals surface area contributed by atoms with Gasteiger partial charge in [0.15, 0.2) is 0 Å². The van der Waals surface area contributed by atoms with Crippen molar-refractivity contribution in [3.8, 4) is 0 Å². The van der Waals surface area contributed by atoms with E-state index in [1.165, 1.54) is 12.7 Å². The number of rotatable bonds is 7. The molecule has 1 aromatic carbocycles. The molecule has 1 fully saturated rings. The highest BCUT2D eigenvalue weighted by Crippen LogP contribution is 2.05. The lowest BCUT2D eigenvalue weighted by Gasteiger charge is -2.26. The molecule has 0 aliphatic carbocycles. The molecule has 1 aromatic rings. The molecule has 1 aliphatic rings. The van der Waals surface area contributed by atoms with Gasteiger partial charge >= 0.3 is 5.97 Å². The lowest BCUT2D eigenvalue weighted by Crippen LogP contribution is -2.37. The smallest absolute Gasteiger partial charge is 0.337 e. The zero-order chi connectivity index (χ0) is 14.9. The van der Waals surface area contributed by atoms with Crippen molar-refractivity contribution in [1.29, 1.82) is 0 Å². The Balaban J connectivity index is 1.61. The van der Waals surface area contributed by atoms with Crippen LogP contribution < -0.4 is 5.32 Å². The molecule has 5 nitrogen and oxygen atoms in total. The normalized spacial score (nSPS) is 15.9. The number of esters is 1. The Bertz CT molecular complexity index is 428. The van der Waals surface area contributed by atoms with Crippen molar-refractivity contribution in [2.75, 3.05) is 46.5 Å². The Hall–Kier alpha value is -1.43. The number of carbonyl (C=O) groups excluding carboxylic acids is 1. The monoisotopic (exact) mass is 292 g/mol. The number of hydrogen-bond acceptors (Lipinski definition) is 5. The Labute approximate surface area is 126 Å². The molecular formula is C16H24N2O3. The number of ether oxygens (including phenoxy) is 2. The molecule has 0 amide bonds. The number of nitrogens with zero attached hydrogens (tertiary/aromatic N) is 1. The van der Waals surface area contributed by atoms with Crippen LogP contribution in [-0.4, -0.2) is 57.4 Å². The van der Waals surface area contributed by atoms with Gasteiger partial charge in [-0.2, -0.15) is 0 Å². The molecule has 2 rings (SSSR count). The Kier molecular flexibility index (Phi) is 6.66. The van der Waals surface area contributed by atoms with Crippen LogP contribution in [0.15, 0.2) is 24.3 Å². The third-order valence-corrected chi connectivity index (χ3v) is 3.64. The first-order valence-corrected chi connectivity index (χ1v) is 7.47. The van der Waals surface area contributed by atoms with Crippen LogP contribution in [0.25, 0.3) is 0 Å². The van der Waals surface area contributed by atoms with Gasteiger partial charge in [-0.25, -0.2) is 4.79 Å². The maximum atomic E-state index is 11.3. The number of benzene rings is 1. The zero-order valence-corrected chi connectivity index (χ0v) is 12.6. The van der Waals surface area contributed by atoms with E-state index in [1.54, 1.807) is 12.1 Å². The van der Waals surface area contributed by atoms with E-state index >= 15 is 0 Å². The van der Waals surface area contributed by atoms with Gasteiger partial charge in [-0.1, -0.05) is 12.1 Å². The summed E-state index contributed by atoms with van der Waals surface area (Å²) in [6.07, 6.45) is 1.14. The van der Waals surface area contributed by atoms with Crippen molar-refractivity contribution in [3.05, 3.63) is 35.4 Å². The van der Waals surface area contributed by atoms with E-state index in [0.717, 1.165) is 52.4 Å². The third kappa shape index (κ3) is 5.46. The fourth-order valence-corrected chi connectivity index (χ4v) is 2.36. The average molecular weight is 292 g/mol. The number of hydrogen-bond donors (Lipinski definition) is 1. The van der Waals surface area contributed by atoms with E-state index in [0.29, 0.717) is 5.56 Å². The van der Waals surface area contributed by atoms with E-state index in [4.69, 9.17) is 4.74 Å². The predicted octanol–water partition coefficient (Wildman–Crippen LogP) is 1.29. The lowest BCUT2D eigenvalue weighted by molar-refractivity contribution is 0.0374. The fourth-order valence-electron chi connectivity index (χ4n) is 2.36. The van der Waals surface area contributed by atoms with Crippen molar-refractivity contribution < 1.29 is 14.3 Å². The predicted molar refractivity (Wildman–Crippen MR) is 81.4 cm³/mol. The molecule has 1 saturated heterocycles. The highest BCUT2D eigenvalue weighted by molar-refractivity contribution is 5.89. The molecule has 1 heterocycles. The molecule has 1 aliphatic heterocycles. The van der Waals surface area contributed by atoms with E-state index in [9.17, 15) is 4.79 Å². The zero-order valence-electron chi connectivity index (χ0n) is 12.6. The molecule has 0 spiro atoms. The van der Waals surface area contributed by atoms with E-state index in [1.807, 2.05) is 12.1 Å². The van der Waals surface area contributed by atoms with Gasteiger partial charge in [0.1, 0.15) is 0 Å². The van der Waals surface area contributed by atoms with Gasteiger partial charge in [0.05, 0.1) is 25.9 Å². The van der Waals surface area contributed by atoms with Gasteiger partial charge < -0.3 is 14.8 Å². The SMILES string of the molecule is COC(=O)c1ccc(CNCCCN2CCOCC2)cc1. The van der Waals surface area contributed by atoms with E-state index < -0.39 is 0 Å². The standard InChI is InChI=1S/C16H24N2O3/c1-20-16(19)15-5-3-14(4-6-15)13-17-7-2-8-18-9-11-21-12-10-18/h3-6,17H,2,7-13H2,1H3. The molecule has 0 unspecified atom stereocenters. The summed E-state index contributed by atoms with van der Waals surface area (Å²) in [4.78, 5) is 13.8. The minimum Gasteiger partial charge on any atom is -0.465 e. The molecule has 116 valence electrons. The molecule has 0 aromatic heterocycles. The number of nitrogens with one attached hydrogen (secondary N) is 1. The second kappa shape index (κ2) is 8.77. The second-order valence-corrected chi connectivity index (χ2v) is 5.17. The highest BCUT2D eigenvalue weighted by atomic mass is 16.5. The highest BCUT2D eigenvalue weighted by Gasteiger charge is 2.09. The van der Waals surface area contributed by atoms with Crippen LogP contribution in [0.5, 0.6) is 0 Å². The van der Waals surface area contributed by atoms with Gasteiger partial charge in [-0.05, 0) is 37.2 Å². The summed E-state index contributed by atoms with van der Waals surface area (Å²) < 4.78 is 10.0. The van der Waals surface area contributed by atoms with Crippen molar-refractivity contribution in [3.63, 3.8) is 0 Å². The van der Waals surface area contributed by atoms with Crippen molar-refractivity contribution in [1.82, 2.24) is 10.2 Å². The number of methoxy groups -OCH3 is 1. The van der Waals surface area contributed by atoms with Gasteiger partial charge in [0.25, 0.3) is 0 Å². The van der Waals surface area contributed by atoms with Gasteiger partial charge in [0, 0.05) is 19.6 Å². The van der Waals surface area contributed by atoms with Crippen LogP contribution >= 0.6 is 0 Å². The summed E-state index contributed by atoms with van der Waals surface area (Å²) in [5.74, 6) is -0.292. The van der Waals surface area contributed by atoms with Crippen LogP contribution in [0.1, 0.15) is 22.3 Å². The second-order valence-electron chi connectivity index (χ2n) is 5.17. The minimum atomic E-state index is -0.292. The van der Waals surface area contributed by atoms with Crippen molar-refractivity contribution >= 4 is 5.97 Å². The third-order valence-electron chi connectivity index (χ3n) is 3.64. The summed E-state index contributed by atoms with van der Waals surface area (Å²) in [6, 6.07) is 7.52. The van der Waals surface area contributed by atoms with E-state index in [-0.39, 0.29) is 5.97 Å². The summed E-state index contributed by atoms with van der Waals surface area (Å²) in [6.45, 7) is 6.77. The Morgan fingerprint density at radius 3 is 2.67 bits per heavy atom. The summed E-state index contributed by atoms with van der Waals surface area (Å²) >= 11 is 0. The number of morpholine rings is 1. The van der Waals surface area contributed by atoms with Gasteiger partial charge in [0.2, 0.25) is 0 Å². The lowest BCUT2D eigenvalue weighted by atomic mass is 10.1. The molecular weight excluding hydrogens is 268 g/mol. The molecule has 1 N–H and O–H groups in total. The quantitative estimate of drug-likeness (QED) is 0.606. The fraction of sp³-hybridized carbons (Fsp3) is 0.562. The maximum absolute atomic E-state index is 11.3. The molecule has 0 atom stereocenters. The topological polar surface area (TPSA) is 50.8 Å². The average Bonchev–Trinajstić information content (AvgIpc) is 2.55. The first kappa shape index (κ1) is 15.9. The Morgan fingerprint density at radius 2 is 2.00 bits per heavy atom. The first-order chi connectivity index (χ1) is 10.3. The molecule has 0 saturated carbocycles. The molecule has 0 bridgehead atoms. The largest absolute Gasteiger partial charge is 0.465 e. The first-order valence-electron chi connectivity index (χ1n) is 7.47. The molecule has 0 radical (unpaired) electrons. The van der Waals surface area contributed by atoms with Crippen LogP contribution in [0.3, 0.4) is 0 Å². The van der Waals surface area contributed by atoms with Crippen LogP contribution in [0, 0.1) is 0 Å². The maximum Gasteiger partial charge on any atom is 0.337 e. The Morgan fingerprint density at radius 1 is 1.29 bits per heavy atom. The minimum absolute atomic E-state index is 0.292. The van der Waals surface area contributed by atoms with Crippen LogP contribution in [-0.2, 0) is 16.0 Å². The van der Waals surface area contributed by atoms with Crippen LogP contribution in [0.2, 0.25) is 0 Å².